The van der Waals surface area contributed by atoms with Crippen LogP contribution in [-0.4, -0.2) is 37.1 Å². The van der Waals surface area contributed by atoms with Crippen LogP contribution in [0, 0.1) is 0 Å². The van der Waals surface area contributed by atoms with E-state index >= 15 is 0 Å². The normalized spacial score (nSPS) is 11.3. The summed E-state index contributed by atoms with van der Waals surface area (Å²) in [5, 5.41) is 3.34. The molecule has 10 heteroatoms. The third-order valence-corrected chi connectivity index (χ3v) is 8.63. The summed E-state index contributed by atoms with van der Waals surface area (Å²) in [6.45, 7) is 0.944. The van der Waals surface area contributed by atoms with Crippen LogP contribution in [0.15, 0.2) is 115 Å². The molecule has 0 bridgehead atoms. The van der Waals surface area contributed by atoms with E-state index in [1.54, 1.807) is 29.2 Å². The Morgan fingerprint density at radius 3 is 1.98 bits per heavy atom. The summed E-state index contributed by atoms with van der Waals surface area (Å²) in [7, 11) is -3.39. The number of urea groups is 1. The molecule has 0 aliphatic heterocycles. The van der Waals surface area contributed by atoms with Crippen molar-refractivity contribution in [1.29, 1.82) is 0 Å². The first kappa shape index (κ1) is 30.3. The monoisotopic (exact) mass is 630 g/mol. The number of nitrogens with one attached hydrogen (secondary N) is 2. The van der Waals surface area contributed by atoms with Gasteiger partial charge in [0.25, 0.3) is 0 Å². The molecule has 0 fully saturated rings. The Kier molecular flexibility index (Phi) is 9.76. The lowest BCUT2D eigenvalue weighted by atomic mass is 9.88. The molecule has 5 rings (SSSR count). The number of rotatable bonds is 11. The van der Waals surface area contributed by atoms with Gasteiger partial charge in [0.15, 0.2) is 5.13 Å². The fourth-order valence-electron chi connectivity index (χ4n) is 4.85. The summed E-state index contributed by atoms with van der Waals surface area (Å²) in [4.78, 5) is 20.1. The molecule has 0 unspecified atom stereocenters. The number of anilines is 2. The third kappa shape index (κ3) is 8.44. The summed E-state index contributed by atoms with van der Waals surface area (Å²) < 4.78 is 25.9. The Balaban J connectivity index is 1.35. The lowest BCUT2D eigenvalue weighted by molar-refractivity contribution is 0.207. The summed E-state index contributed by atoms with van der Waals surface area (Å²) in [5.74, 6) is 0.120. The molecule has 0 aliphatic carbocycles. The zero-order valence-electron chi connectivity index (χ0n) is 23.5. The molecular weight excluding hydrogens is 600 g/mol. The molecule has 2 N–H and O–H groups in total. The van der Waals surface area contributed by atoms with Crippen molar-refractivity contribution in [3.8, 4) is 11.3 Å². The fraction of sp³-hybridized carbons (Fsp3) is 0.152. The number of thiazole rings is 1. The number of aromatic nitrogens is 1. The number of halogens is 1. The van der Waals surface area contributed by atoms with E-state index in [-0.39, 0.29) is 11.9 Å². The van der Waals surface area contributed by atoms with E-state index < -0.39 is 10.0 Å². The van der Waals surface area contributed by atoms with Gasteiger partial charge in [-0.15, -0.1) is 0 Å². The minimum atomic E-state index is -3.39. The molecular formula is C33H31ClN4O3S2. The van der Waals surface area contributed by atoms with Crippen molar-refractivity contribution in [3.05, 3.63) is 136 Å². The smallest absolute Gasteiger partial charge is 0.320 e. The maximum absolute atomic E-state index is 13.7. The van der Waals surface area contributed by atoms with Crippen LogP contribution in [0.4, 0.5) is 15.6 Å². The van der Waals surface area contributed by atoms with Gasteiger partial charge < -0.3 is 4.90 Å². The molecule has 0 saturated heterocycles. The average Bonchev–Trinajstić information content (AvgIpc) is 3.37. The topological polar surface area (TPSA) is 91.4 Å². The van der Waals surface area contributed by atoms with Crippen molar-refractivity contribution < 1.29 is 13.2 Å². The zero-order valence-corrected chi connectivity index (χ0v) is 25.9. The lowest BCUT2D eigenvalue weighted by Gasteiger charge is -2.26. The molecule has 220 valence electrons. The quantitative estimate of drug-likeness (QED) is 0.154. The second-order valence-electron chi connectivity index (χ2n) is 10.1. The Labute approximate surface area is 261 Å². The molecule has 7 nitrogen and oxygen atoms in total. The fourth-order valence-corrected chi connectivity index (χ4v) is 6.49. The van der Waals surface area contributed by atoms with Gasteiger partial charge >= 0.3 is 6.03 Å². The lowest BCUT2D eigenvalue weighted by Crippen LogP contribution is -2.36. The summed E-state index contributed by atoms with van der Waals surface area (Å²) in [5.41, 5.74) is 5.07. The van der Waals surface area contributed by atoms with Crippen molar-refractivity contribution in [1.82, 2.24) is 9.88 Å². The second-order valence-corrected chi connectivity index (χ2v) is 13.4. The molecule has 5 aromatic rings. The van der Waals surface area contributed by atoms with E-state index in [1.807, 2.05) is 66.7 Å². The van der Waals surface area contributed by atoms with Crippen LogP contribution in [0.3, 0.4) is 0 Å². The van der Waals surface area contributed by atoms with Gasteiger partial charge in [-0.1, -0.05) is 126 Å². The van der Waals surface area contributed by atoms with Gasteiger partial charge in [-0.3, -0.25) is 10.0 Å². The zero-order chi connectivity index (χ0) is 30.2. The molecule has 1 aromatic heterocycles. The minimum Gasteiger partial charge on any atom is -0.320 e. The standard InChI is InChI=1S/C33H31ClN4O3S2/c1-43(40,41)37-28-19-17-27(18-20-28)30-31(34)42-32(35-30)36-33(39)38(23-24-11-5-2-6-12-24)22-21-29(25-13-7-3-8-14-25)26-15-9-4-10-16-26/h2-20,29,37H,21-23H2,1H3,(H,35,36,39). The van der Waals surface area contributed by atoms with Gasteiger partial charge in [0.2, 0.25) is 10.0 Å². The number of carbonyl (C=O) groups is 1. The van der Waals surface area contributed by atoms with Crippen LogP contribution < -0.4 is 10.0 Å². The van der Waals surface area contributed by atoms with E-state index in [0.29, 0.717) is 39.5 Å². The molecule has 0 radical (unpaired) electrons. The number of hydrogen-bond acceptors (Lipinski definition) is 5. The number of sulfonamides is 1. The third-order valence-electron chi connectivity index (χ3n) is 6.86. The molecule has 43 heavy (non-hydrogen) atoms. The SMILES string of the molecule is CS(=O)(=O)Nc1ccc(-c2nc(NC(=O)N(CCC(c3ccccc3)c3ccccc3)Cc3ccccc3)sc2Cl)cc1. The van der Waals surface area contributed by atoms with Crippen molar-refractivity contribution in [2.75, 3.05) is 22.8 Å². The van der Waals surface area contributed by atoms with Gasteiger partial charge in [-0.2, -0.15) is 0 Å². The highest BCUT2D eigenvalue weighted by Crippen LogP contribution is 2.36. The predicted molar refractivity (Wildman–Crippen MR) is 176 cm³/mol. The number of benzene rings is 4. The van der Waals surface area contributed by atoms with Crippen molar-refractivity contribution >= 4 is 49.8 Å². The van der Waals surface area contributed by atoms with Crippen LogP contribution in [0.5, 0.6) is 0 Å². The van der Waals surface area contributed by atoms with Crippen LogP contribution in [0.25, 0.3) is 11.3 Å². The van der Waals surface area contributed by atoms with Gasteiger partial charge in [0, 0.05) is 30.3 Å². The number of carbonyl (C=O) groups excluding carboxylic acids is 1. The molecule has 0 saturated carbocycles. The Morgan fingerprint density at radius 2 is 1.42 bits per heavy atom. The highest BCUT2D eigenvalue weighted by Gasteiger charge is 2.21. The average molecular weight is 631 g/mol. The number of hydrogen-bond donors (Lipinski definition) is 2. The first-order valence-corrected chi connectivity index (χ1v) is 16.8. The Morgan fingerprint density at radius 1 is 0.860 bits per heavy atom. The molecule has 1 heterocycles. The molecule has 0 atom stereocenters. The van der Waals surface area contributed by atoms with E-state index in [0.717, 1.165) is 18.2 Å². The van der Waals surface area contributed by atoms with Crippen LogP contribution in [0.1, 0.15) is 29.0 Å². The second kappa shape index (κ2) is 13.9. The van der Waals surface area contributed by atoms with Crippen molar-refractivity contribution in [3.63, 3.8) is 0 Å². The van der Waals surface area contributed by atoms with Crippen LogP contribution in [-0.2, 0) is 16.6 Å². The Hall–Kier alpha value is -4.18. The van der Waals surface area contributed by atoms with Gasteiger partial charge in [0.1, 0.15) is 10.0 Å². The maximum atomic E-state index is 13.7. The summed E-state index contributed by atoms with van der Waals surface area (Å²) in [6, 6.07) is 37.1. The van der Waals surface area contributed by atoms with Crippen LogP contribution in [0.2, 0.25) is 4.34 Å². The van der Waals surface area contributed by atoms with E-state index in [1.165, 1.54) is 22.5 Å². The number of nitrogens with zero attached hydrogens (tertiary/aromatic N) is 2. The van der Waals surface area contributed by atoms with Crippen molar-refractivity contribution in [2.45, 2.75) is 18.9 Å². The first-order valence-electron chi connectivity index (χ1n) is 13.7. The molecule has 2 amide bonds. The van der Waals surface area contributed by atoms with Crippen LogP contribution >= 0.6 is 22.9 Å². The largest absolute Gasteiger partial charge is 0.323 e. The first-order chi connectivity index (χ1) is 20.7. The molecule has 0 spiro atoms. The summed E-state index contributed by atoms with van der Waals surface area (Å²) >= 11 is 7.71. The van der Waals surface area contributed by atoms with Gasteiger partial charge in [0.05, 0.1) is 6.26 Å². The maximum Gasteiger partial charge on any atom is 0.323 e. The van der Waals surface area contributed by atoms with E-state index in [4.69, 9.17) is 11.6 Å². The van der Waals surface area contributed by atoms with E-state index in [2.05, 4.69) is 39.3 Å². The number of amides is 2. The molecule has 0 aliphatic rings. The van der Waals surface area contributed by atoms with Gasteiger partial charge in [-0.25, -0.2) is 18.2 Å². The molecule has 4 aromatic carbocycles. The van der Waals surface area contributed by atoms with Crippen molar-refractivity contribution in [2.24, 2.45) is 0 Å². The minimum absolute atomic E-state index is 0.120. The Bertz CT molecular complexity index is 1710. The highest BCUT2D eigenvalue weighted by molar-refractivity contribution is 7.92. The highest BCUT2D eigenvalue weighted by atomic mass is 35.5. The summed E-state index contributed by atoms with van der Waals surface area (Å²) in [6.07, 6.45) is 1.82. The van der Waals surface area contributed by atoms with Gasteiger partial charge in [-0.05, 0) is 35.2 Å². The van der Waals surface area contributed by atoms with E-state index in [9.17, 15) is 13.2 Å². The predicted octanol–water partition coefficient (Wildman–Crippen LogP) is 8.09.